The van der Waals surface area contributed by atoms with E-state index in [0.717, 1.165) is 57.8 Å². The van der Waals surface area contributed by atoms with Gasteiger partial charge in [0.2, 0.25) is 5.91 Å². The Balaban J connectivity index is 1.42. The minimum Gasteiger partial charge on any atom is -0.371 e. The molecule has 24 heavy (non-hydrogen) atoms. The number of hydrogen-bond acceptors (Lipinski definition) is 3. The first-order chi connectivity index (χ1) is 11.7. The van der Waals surface area contributed by atoms with Gasteiger partial charge in [-0.05, 0) is 63.2 Å². The number of piperidine rings is 2. The van der Waals surface area contributed by atoms with Crippen LogP contribution in [0.5, 0.6) is 0 Å². The van der Waals surface area contributed by atoms with Crippen LogP contribution in [0.1, 0.15) is 38.5 Å². The van der Waals surface area contributed by atoms with E-state index in [0.29, 0.717) is 11.9 Å². The monoisotopic (exact) mass is 329 g/mol. The van der Waals surface area contributed by atoms with E-state index in [2.05, 4.69) is 52.5 Å². The van der Waals surface area contributed by atoms with Crippen LogP contribution in [0, 0.1) is 5.92 Å². The Bertz CT molecular complexity index is 505. The second kappa shape index (κ2) is 8.52. The molecule has 1 amide bonds. The van der Waals surface area contributed by atoms with E-state index in [4.69, 9.17) is 0 Å². The minimum absolute atomic E-state index is 0.370. The van der Waals surface area contributed by atoms with Crippen LogP contribution in [-0.2, 0) is 4.79 Å². The zero-order chi connectivity index (χ0) is 16.8. The number of anilines is 1. The molecule has 0 atom stereocenters. The number of benzene rings is 1. The van der Waals surface area contributed by atoms with E-state index in [-0.39, 0.29) is 0 Å². The Hall–Kier alpha value is -1.55. The van der Waals surface area contributed by atoms with Crippen molar-refractivity contribution in [2.75, 3.05) is 38.1 Å². The molecule has 1 N–H and O–H groups in total. The summed E-state index contributed by atoms with van der Waals surface area (Å²) in [6.07, 6.45) is 6.43. The maximum absolute atomic E-state index is 12.5. The normalized spacial score (nSPS) is 20.1. The molecule has 3 rings (SSSR count). The fraction of sp³-hybridized carbons (Fsp3) is 0.650. The van der Waals surface area contributed by atoms with Gasteiger partial charge in [0.1, 0.15) is 0 Å². The lowest BCUT2D eigenvalue weighted by Crippen LogP contribution is -2.45. The SMILES string of the molecule is CN(c1ccccc1)C1CCN(C(=O)CCC2CCNCC2)CC1. The second-order valence-corrected chi connectivity index (χ2v) is 7.29. The summed E-state index contributed by atoms with van der Waals surface area (Å²) in [6.45, 7) is 4.06. The lowest BCUT2D eigenvalue weighted by Gasteiger charge is -2.38. The highest BCUT2D eigenvalue weighted by Gasteiger charge is 2.25. The molecule has 0 saturated carbocycles. The topological polar surface area (TPSA) is 35.6 Å². The average molecular weight is 329 g/mol. The van der Waals surface area contributed by atoms with Gasteiger partial charge < -0.3 is 15.1 Å². The first-order valence-corrected chi connectivity index (χ1v) is 9.50. The number of nitrogens with zero attached hydrogens (tertiary/aromatic N) is 2. The fourth-order valence-corrected chi connectivity index (χ4v) is 4.03. The van der Waals surface area contributed by atoms with Crippen molar-refractivity contribution < 1.29 is 4.79 Å². The number of likely N-dealkylation sites (tertiary alicyclic amines) is 1. The molecule has 1 aromatic carbocycles. The highest BCUT2D eigenvalue weighted by Crippen LogP contribution is 2.23. The fourth-order valence-electron chi connectivity index (χ4n) is 4.03. The Labute approximate surface area is 146 Å². The number of carbonyl (C=O) groups excluding carboxylic acids is 1. The molecule has 2 heterocycles. The lowest BCUT2D eigenvalue weighted by molar-refractivity contribution is -0.132. The molecule has 2 aliphatic rings. The molecule has 2 fully saturated rings. The molecule has 4 nitrogen and oxygen atoms in total. The van der Waals surface area contributed by atoms with E-state index in [1.165, 1.54) is 18.5 Å². The molecule has 4 heteroatoms. The van der Waals surface area contributed by atoms with E-state index in [1.54, 1.807) is 0 Å². The van der Waals surface area contributed by atoms with Crippen molar-refractivity contribution in [3.8, 4) is 0 Å². The third-order valence-corrected chi connectivity index (χ3v) is 5.75. The largest absolute Gasteiger partial charge is 0.371 e. The number of nitrogens with one attached hydrogen (secondary N) is 1. The molecule has 0 bridgehead atoms. The van der Waals surface area contributed by atoms with E-state index >= 15 is 0 Å². The molecule has 2 aliphatic heterocycles. The third kappa shape index (κ3) is 4.50. The molecular formula is C20H31N3O. The van der Waals surface area contributed by atoms with Crippen molar-refractivity contribution in [2.24, 2.45) is 5.92 Å². The van der Waals surface area contributed by atoms with Crippen molar-refractivity contribution in [1.29, 1.82) is 0 Å². The molecule has 0 radical (unpaired) electrons. The molecule has 0 aromatic heterocycles. The number of para-hydroxylation sites is 1. The number of carbonyl (C=O) groups is 1. The van der Waals surface area contributed by atoms with Crippen LogP contribution in [0.2, 0.25) is 0 Å². The minimum atomic E-state index is 0.370. The van der Waals surface area contributed by atoms with Crippen molar-refractivity contribution >= 4 is 11.6 Å². The molecule has 0 unspecified atom stereocenters. The zero-order valence-electron chi connectivity index (χ0n) is 14.9. The second-order valence-electron chi connectivity index (χ2n) is 7.29. The van der Waals surface area contributed by atoms with E-state index in [1.807, 2.05) is 0 Å². The quantitative estimate of drug-likeness (QED) is 0.902. The molecule has 0 spiro atoms. The van der Waals surface area contributed by atoms with Crippen LogP contribution in [0.4, 0.5) is 5.69 Å². The van der Waals surface area contributed by atoms with Crippen LogP contribution in [0.3, 0.4) is 0 Å². The van der Waals surface area contributed by atoms with E-state index < -0.39 is 0 Å². The Kier molecular flexibility index (Phi) is 6.13. The molecule has 2 saturated heterocycles. The Morgan fingerprint density at radius 2 is 1.79 bits per heavy atom. The summed E-state index contributed by atoms with van der Waals surface area (Å²) in [7, 11) is 2.18. The summed E-state index contributed by atoms with van der Waals surface area (Å²) >= 11 is 0. The summed E-state index contributed by atoms with van der Waals surface area (Å²) in [4.78, 5) is 16.9. The predicted molar refractivity (Wildman–Crippen MR) is 99.3 cm³/mol. The van der Waals surface area contributed by atoms with Gasteiger partial charge in [0.05, 0.1) is 0 Å². The van der Waals surface area contributed by atoms with Crippen LogP contribution >= 0.6 is 0 Å². The third-order valence-electron chi connectivity index (χ3n) is 5.75. The van der Waals surface area contributed by atoms with Crippen LogP contribution < -0.4 is 10.2 Å². The van der Waals surface area contributed by atoms with Crippen molar-refractivity contribution in [3.63, 3.8) is 0 Å². The van der Waals surface area contributed by atoms with Crippen LogP contribution in [0.15, 0.2) is 30.3 Å². The highest BCUT2D eigenvalue weighted by atomic mass is 16.2. The maximum atomic E-state index is 12.5. The maximum Gasteiger partial charge on any atom is 0.222 e. The van der Waals surface area contributed by atoms with Crippen molar-refractivity contribution in [3.05, 3.63) is 30.3 Å². The van der Waals surface area contributed by atoms with Crippen LogP contribution in [-0.4, -0.2) is 50.1 Å². The number of rotatable bonds is 5. The van der Waals surface area contributed by atoms with Gasteiger partial charge in [0.25, 0.3) is 0 Å². The summed E-state index contributed by atoms with van der Waals surface area (Å²) in [5, 5.41) is 3.39. The summed E-state index contributed by atoms with van der Waals surface area (Å²) in [5.41, 5.74) is 1.27. The van der Waals surface area contributed by atoms with Gasteiger partial charge in [0, 0.05) is 38.3 Å². The molecular weight excluding hydrogens is 298 g/mol. The zero-order valence-corrected chi connectivity index (χ0v) is 14.9. The molecule has 132 valence electrons. The van der Waals surface area contributed by atoms with Gasteiger partial charge in [-0.2, -0.15) is 0 Å². The van der Waals surface area contributed by atoms with Gasteiger partial charge in [-0.3, -0.25) is 4.79 Å². The van der Waals surface area contributed by atoms with Gasteiger partial charge >= 0.3 is 0 Å². The Morgan fingerprint density at radius 1 is 1.12 bits per heavy atom. The lowest BCUT2D eigenvalue weighted by atomic mass is 9.92. The van der Waals surface area contributed by atoms with Gasteiger partial charge in [-0.1, -0.05) is 18.2 Å². The summed E-state index contributed by atoms with van der Waals surface area (Å²) < 4.78 is 0. The standard InChI is InChI=1S/C20H31N3O/c1-22(18-5-3-2-4-6-18)19-11-15-23(16-12-19)20(24)8-7-17-9-13-21-14-10-17/h2-6,17,19,21H,7-16H2,1H3. The van der Waals surface area contributed by atoms with Crippen molar-refractivity contribution in [2.45, 2.75) is 44.6 Å². The predicted octanol–water partition coefficient (Wildman–Crippen LogP) is 2.89. The van der Waals surface area contributed by atoms with Crippen molar-refractivity contribution in [1.82, 2.24) is 10.2 Å². The molecule has 0 aliphatic carbocycles. The number of hydrogen-bond donors (Lipinski definition) is 1. The van der Waals surface area contributed by atoms with Gasteiger partial charge in [0.15, 0.2) is 0 Å². The van der Waals surface area contributed by atoms with Gasteiger partial charge in [-0.15, -0.1) is 0 Å². The smallest absolute Gasteiger partial charge is 0.222 e. The number of amides is 1. The first kappa shape index (κ1) is 17.3. The van der Waals surface area contributed by atoms with Gasteiger partial charge in [-0.25, -0.2) is 0 Å². The summed E-state index contributed by atoms with van der Waals surface area (Å²) in [5.74, 6) is 1.12. The molecule has 1 aromatic rings. The summed E-state index contributed by atoms with van der Waals surface area (Å²) in [6, 6.07) is 11.1. The van der Waals surface area contributed by atoms with E-state index in [9.17, 15) is 4.79 Å². The Morgan fingerprint density at radius 3 is 2.46 bits per heavy atom. The highest BCUT2D eigenvalue weighted by molar-refractivity contribution is 5.76. The first-order valence-electron chi connectivity index (χ1n) is 9.50. The van der Waals surface area contributed by atoms with Crippen LogP contribution in [0.25, 0.3) is 0 Å². The average Bonchev–Trinajstić information content (AvgIpc) is 2.67.